The number of nitrogens with two attached hydrogens (primary N) is 1. The first kappa shape index (κ1) is 109. The smallest absolute Gasteiger partial charge is 0.857 e. The summed E-state index contributed by atoms with van der Waals surface area (Å²) in [5.74, 6) is -2.38. The molecule has 0 heterocycles. The molecule has 6 N–H and O–H groups in total. The van der Waals surface area contributed by atoms with Crippen LogP contribution in [0.3, 0.4) is 0 Å². The van der Waals surface area contributed by atoms with Gasteiger partial charge in [0.2, 0.25) is 0 Å². The molecule has 13 aromatic rings. The van der Waals surface area contributed by atoms with Crippen LogP contribution in [0.4, 0.5) is 0 Å². The Morgan fingerprint density at radius 3 is 1.40 bits per heavy atom. The van der Waals surface area contributed by atoms with Crippen LogP contribution in [-0.2, 0) is 44.4 Å². The Kier molecular flexibility index (Phi) is 52.5. The first-order chi connectivity index (χ1) is 57.5. The Morgan fingerprint density at radius 2 is 0.870 bits per heavy atom. The Bertz CT molecular complexity index is 5380. The van der Waals surface area contributed by atoms with E-state index >= 15 is 0 Å². The number of benzene rings is 13. The minimum absolute atomic E-state index is 0. The molecule has 0 bridgehead atoms. The Morgan fingerprint density at radius 1 is 0.455 bits per heavy atom. The third-order valence-electron chi connectivity index (χ3n) is 18.2. The summed E-state index contributed by atoms with van der Waals surface area (Å²) in [6.45, 7) is 0.251. The number of hydrogen-bond acceptors (Lipinski definition) is 8. The summed E-state index contributed by atoms with van der Waals surface area (Å²) in [6, 6.07) is 101. The van der Waals surface area contributed by atoms with E-state index in [1.165, 1.54) is 50.8 Å². The van der Waals surface area contributed by atoms with Crippen molar-refractivity contribution in [3.05, 3.63) is 440 Å². The molecule has 0 aromatic heterocycles. The van der Waals surface area contributed by atoms with Crippen LogP contribution in [0.25, 0.3) is 12.2 Å². The third-order valence-corrected chi connectivity index (χ3v) is 22.4. The van der Waals surface area contributed by atoms with Crippen LogP contribution in [0.15, 0.2) is 315 Å². The summed E-state index contributed by atoms with van der Waals surface area (Å²) in [6.07, 6.45) is 8.64. The van der Waals surface area contributed by atoms with Gasteiger partial charge in [-0.05, 0) is 215 Å². The van der Waals surface area contributed by atoms with Crippen molar-refractivity contribution >= 4 is 189 Å². The van der Waals surface area contributed by atoms with E-state index in [4.69, 9.17) is 138 Å². The molecule has 2 aliphatic carbocycles. The molecule has 2 aliphatic rings. The van der Waals surface area contributed by atoms with Crippen molar-refractivity contribution in [3.63, 3.8) is 0 Å². The van der Waals surface area contributed by atoms with Crippen LogP contribution in [0, 0.1) is 0 Å². The number of rotatable bonds is 15. The molecule has 0 saturated heterocycles. The Balaban J connectivity index is 0.000000486. The first-order valence-corrected chi connectivity index (χ1v) is 46.4. The summed E-state index contributed by atoms with van der Waals surface area (Å²) in [7, 11) is 15.1. The van der Waals surface area contributed by atoms with E-state index in [1.807, 2.05) is 158 Å². The molecular formula is C99H96AlCl10NNaO10P. The third kappa shape index (κ3) is 35.8. The molecule has 15 rings (SSSR count). The number of aryl methyl sites for hydroxylation is 6. The van der Waals surface area contributed by atoms with Crippen LogP contribution in [0.1, 0.15) is 148 Å². The molecule has 636 valence electrons. The maximum Gasteiger partial charge on any atom is 1.00 e. The number of alkyl halides is 1. The molecule has 0 aliphatic heterocycles. The number of aldehydes is 1. The number of aliphatic hydroxyl groups excluding tert-OH is 1. The molecule has 0 amide bonds. The van der Waals surface area contributed by atoms with Crippen LogP contribution < -0.4 is 56.3 Å². The van der Waals surface area contributed by atoms with E-state index < -0.39 is 43.3 Å². The largest absolute Gasteiger partial charge is 1.00 e. The second-order valence-corrected chi connectivity index (χ2v) is 37.5. The number of fused-ring (bicyclic) bond motifs is 4. The number of carboxylic acids is 3. The summed E-state index contributed by atoms with van der Waals surface area (Å²) in [5, 5.41) is 53.3. The van der Waals surface area contributed by atoms with Gasteiger partial charge in [0.15, 0.2) is 12.1 Å². The molecule has 0 radical (unpaired) electrons. The van der Waals surface area contributed by atoms with E-state index in [0.717, 1.165) is 99.3 Å². The number of aliphatic hydroxyl groups is 1. The number of ketones is 1. The van der Waals surface area contributed by atoms with Crippen molar-refractivity contribution in [2.45, 2.75) is 78.7 Å². The quantitative estimate of drug-likeness (QED) is 0.0214. The first-order valence-electron chi connectivity index (χ1n) is 37.0. The summed E-state index contributed by atoms with van der Waals surface area (Å²) < 4.78 is 0. The minimum atomic E-state index is -1.72. The molecule has 0 spiro atoms. The van der Waals surface area contributed by atoms with Gasteiger partial charge in [0.25, 0.3) is 0 Å². The van der Waals surface area contributed by atoms with E-state index in [0.29, 0.717) is 44.8 Å². The maximum atomic E-state index is 12.4. The number of carboxylic acid groups (broad SMARTS) is 3. The van der Waals surface area contributed by atoms with Crippen molar-refractivity contribution in [3.8, 4) is 0 Å². The molecule has 2 unspecified atom stereocenters. The minimum Gasteiger partial charge on any atom is -0.857 e. The Hall–Kier alpha value is -7.91. The van der Waals surface area contributed by atoms with Crippen LogP contribution in [0.5, 0.6) is 0 Å². The number of carbonyl (C=O) groups excluding carboxylic acids is 2. The number of carbonyl (C=O) groups is 5. The molecule has 0 fully saturated rings. The molecule has 123 heavy (non-hydrogen) atoms. The van der Waals surface area contributed by atoms with E-state index in [9.17, 15) is 29.1 Å². The average Bonchev–Trinajstić information content (AvgIpc) is 1.62. The molecule has 2 atom stereocenters. The van der Waals surface area contributed by atoms with Gasteiger partial charge < -0.3 is 31.3 Å². The average molecular weight is 1900 g/mol. The van der Waals surface area contributed by atoms with Crippen LogP contribution in [-0.4, -0.2) is 81.5 Å². The van der Waals surface area contributed by atoms with Crippen molar-refractivity contribution in [1.82, 2.24) is 0 Å². The van der Waals surface area contributed by atoms with Gasteiger partial charge >= 0.3 is 58.8 Å². The standard InChI is InChI=1S/C18H15P.C17H18ClNO.C15H13ClO2.C15H11ClO2.C15H11ClO.C8H5ClO3.C7H6Cl2.CH3O.3CH4.Al.3ClH.Na.H2/c1-4-10-16(11-5-1)19(17-12-6-2-7-13-17)18-14-8-3-9-15-18;18-13-7-8-15-12(9-13)6-5-11-3-1-2-4-14(11)17(15)16(20)10-19;2*16-13-6-3-4-11(10-13)8-9-12-5-1-2-7-14(12)15(17)18;16-12-7-8-14-11(9-12)6-5-10-3-1-2-4-13(10)15(14)17;9-7-3-1-2-5(8(11)12)6(7)4-10;8-5-6-2-1-3-7(9)4-6;1-2;;;;;;;;;/h1-15H;1-4,7-9,16-17,20H,5-6,10,19H2;1-7,10H,8-9H2,(H,17,18);1-10H,(H,17,18);1-4,7-9H,5-6H2;1-4H,(H,11,12);1-4H,5H2;1H3;3*1H4;;3*1H;;1H/q;;;;;;;-1;;;;+3;;;;+1;/p-3/b;;;9-8+;;;;;;;;;;;;;. The number of hydrogen-bond donors (Lipinski definition) is 5. The predicted octanol–water partition coefficient (Wildman–Crippen LogP) is 22.8. The fourth-order valence-electron chi connectivity index (χ4n) is 12.7. The predicted molar refractivity (Wildman–Crippen MR) is 518 cm³/mol. The molecule has 24 heteroatoms. The van der Waals surface area contributed by atoms with Gasteiger partial charge in [-0.1, -0.05) is 328 Å². The van der Waals surface area contributed by atoms with Gasteiger partial charge in [0.05, 0.1) is 27.8 Å². The maximum absolute atomic E-state index is 12.4. The van der Waals surface area contributed by atoms with Crippen LogP contribution >= 0.6 is 119 Å². The summed E-state index contributed by atoms with van der Waals surface area (Å²) >= 11 is 38.9. The molecule has 0 saturated carbocycles. The fraction of sp³-hybridized carbons (Fsp3) is 0.141. The Labute approximate surface area is 799 Å². The van der Waals surface area contributed by atoms with E-state index in [2.05, 4.69) is 103 Å². The second kappa shape index (κ2) is 59.1. The van der Waals surface area contributed by atoms with E-state index in [1.54, 1.807) is 48.5 Å². The monoisotopic (exact) mass is 1890 g/mol. The van der Waals surface area contributed by atoms with Gasteiger partial charge in [-0.25, -0.2) is 44.5 Å². The number of halogens is 10. The van der Waals surface area contributed by atoms with Gasteiger partial charge in [-0.15, -0.1) is 11.6 Å². The summed E-state index contributed by atoms with van der Waals surface area (Å²) in [5.41, 5.74) is 19.6. The molecule has 13 aromatic carbocycles. The van der Waals surface area contributed by atoms with Gasteiger partial charge in [-0.3, -0.25) is 9.59 Å². The number of aromatic carboxylic acids is 3. The zero-order valence-electron chi connectivity index (χ0n) is 65.2. The van der Waals surface area contributed by atoms with Gasteiger partial charge in [0, 0.05) is 61.6 Å². The zero-order chi connectivity index (χ0) is 86.2. The van der Waals surface area contributed by atoms with Gasteiger partial charge in [-0.2, -0.15) is 7.11 Å². The second-order valence-electron chi connectivity index (χ2n) is 26.0. The van der Waals surface area contributed by atoms with E-state index in [-0.39, 0.29) is 93.2 Å². The van der Waals surface area contributed by atoms with Crippen molar-refractivity contribution < 1.29 is 80.5 Å². The molecular weight excluding hydrogens is 1800 g/mol. The zero-order valence-corrected chi connectivity index (χ0v) is 76.8. The van der Waals surface area contributed by atoms with Gasteiger partial charge in [0.1, 0.15) is 0 Å². The normalized spacial score (nSPS) is 11.6. The van der Waals surface area contributed by atoms with Crippen molar-refractivity contribution in [2.24, 2.45) is 5.73 Å². The molecule has 11 nitrogen and oxygen atoms in total. The van der Waals surface area contributed by atoms with Crippen LogP contribution in [0.2, 0.25) is 30.1 Å². The fourth-order valence-corrected chi connectivity index (χ4v) is 16.4. The SMILES string of the molecule is C.C.C.C[O-].ClCc1cccc(Cl)c1.NCC(O)C1c2ccccc2CCc2cc(Cl)ccc21.O=C(O)c1ccccc1/C=C/c1cccc(Cl)c1.O=C(O)c1ccccc1CCc1cccc(Cl)c1.O=C1c2ccccc2CCc2cc(Cl)ccc21.O=Cc1c(Cl)cccc1C(=O)O.[Cl][Al]([Cl])[Cl].[HH].[Na+].c1ccc(P(c2ccccc2)c2ccccc2)cc1. The topological polar surface area (TPSA) is 215 Å². The summed E-state index contributed by atoms with van der Waals surface area (Å²) in [4.78, 5) is 55.4. The van der Waals surface area contributed by atoms with Crippen molar-refractivity contribution in [1.29, 1.82) is 0 Å². The van der Waals surface area contributed by atoms with Crippen molar-refractivity contribution in [2.75, 3.05) is 13.7 Å².